The normalized spacial score (nSPS) is 27.1. The fraction of sp³-hybridized carbons (Fsp3) is 0.412. The molecule has 0 aliphatic carbocycles. The molecule has 0 N–H and O–H groups in total. The van der Waals surface area contributed by atoms with Crippen LogP contribution in [0, 0.1) is 0 Å². The first-order valence-electron chi connectivity index (χ1n) is 7.43. The van der Waals surface area contributed by atoms with Crippen LogP contribution in [0.25, 0.3) is 5.57 Å². The van der Waals surface area contributed by atoms with Gasteiger partial charge in [-0.25, -0.2) is 0 Å². The molecule has 120 valence electrons. The van der Waals surface area contributed by atoms with Crippen molar-refractivity contribution in [2.24, 2.45) is 0 Å². The average molecular weight is 331 g/mol. The Balaban J connectivity index is 2.06. The Hall–Kier alpha value is -1.95. The molecule has 1 aromatic rings. The van der Waals surface area contributed by atoms with Crippen LogP contribution in [-0.4, -0.2) is 30.3 Å². The van der Waals surface area contributed by atoms with Crippen molar-refractivity contribution in [1.82, 2.24) is 0 Å². The number of benzene rings is 1. The van der Waals surface area contributed by atoms with Gasteiger partial charge in [-0.05, 0) is 38.5 Å². The molecule has 1 saturated heterocycles. The van der Waals surface area contributed by atoms with E-state index in [9.17, 15) is 9.59 Å². The SMILES string of the molecule is COc1cc2c3c(c1)[C@]1(OC(=O)CS1)C(=O)N3C(C)(C)C=C2C. The van der Waals surface area contributed by atoms with Crippen molar-refractivity contribution in [3.63, 3.8) is 0 Å². The predicted octanol–water partition coefficient (Wildman–Crippen LogP) is 2.68. The number of fused-ring (bicyclic) bond motifs is 1. The number of ether oxygens (including phenoxy) is 2. The summed E-state index contributed by atoms with van der Waals surface area (Å²) in [7, 11) is 1.59. The van der Waals surface area contributed by atoms with Gasteiger partial charge >= 0.3 is 5.97 Å². The lowest BCUT2D eigenvalue weighted by molar-refractivity contribution is -0.153. The van der Waals surface area contributed by atoms with Gasteiger partial charge in [-0.15, -0.1) is 0 Å². The lowest BCUT2D eigenvalue weighted by Crippen LogP contribution is -2.50. The summed E-state index contributed by atoms with van der Waals surface area (Å²) in [4.78, 5) is 25.5. The van der Waals surface area contributed by atoms with E-state index in [2.05, 4.69) is 6.08 Å². The standard InChI is InChI=1S/C17H17NO4S/c1-9-7-16(2,3)18-14-11(9)5-10(21-4)6-12(14)17(15(18)20)22-13(19)8-23-17/h5-7H,8H2,1-4H3/t17-/m1/s1. The molecule has 1 atom stereocenters. The largest absolute Gasteiger partial charge is 0.497 e. The van der Waals surface area contributed by atoms with Gasteiger partial charge < -0.3 is 9.47 Å². The molecule has 4 rings (SSSR count). The number of hydrogen-bond acceptors (Lipinski definition) is 5. The summed E-state index contributed by atoms with van der Waals surface area (Å²) in [5.41, 5.74) is 3.11. The number of amides is 1. The Morgan fingerprint density at radius 3 is 2.65 bits per heavy atom. The Bertz CT molecular complexity index is 798. The van der Waals surface area contributed by atoms with Crippen molar-refractivity contribution in [3.05, 3.63) is 29.3 Å². The van der Waals surface area contributed by atoms with Gasteiger partial charge in [0, 0.05) is 11.1 Å². The van der Waals surface area contributed by atoms with Gasteiger partial charge in [0.1, 0.15) is 5.75 Å². The number of anilines is 1. The second-order valence-corrected chi connectivity index (χ2v) is 7.72. The van der Waals surface area contributed by atoms with E-state index >= 15 is 0 Å². The molecule has 1 aromatic carbocycles. The topological polar surface area (TPSA) is 55.8 Å². The Kier molecular flexibility index (Phi) is 2.75. The van der Waals surface area contributed by atoms with Gasteiger partial charge in [0.2, 0.25) is 0 Å². The first kappa shape index (κ1) is 14.6. The number of carbonyl (C=O) groups excluding carboxylic acids is 2. The second kappa shape index (κ2) is 4.32. The highest BCUT2D eigenvalue weighted by atomic mass is 32.2. The maximum Gasteiger partial charge on any atom is 0.318 e. The zero-order valence-electron chi connectivity index (χ0n) is 13.4. The third-order valence-electron chi connectivity index (χ3n) is 4.60. The van der Waals surface area contributed by atoms with Crippen molar-refractivity contribution < 1.29 is 19.1 Å². The monoisotopic (exact) mass is 331 g/mol. The van der Waals surface area contributed by atoms with Crippen LogP contribution < -0.4 is 9.64 Å². The lowest BCUT2D eigenvalue weighted by atomic mass is 9.89. The van der Waals surface area contributed by atoms with Crippen molar-refractivity contribution >= 4 is 34.9 Å². The highest BCUT2D eigenvalue weighted by Crippen LogP contribution is 2.58. The zero-order chi connectivity index (χ0) is 16.6. The van der Waals surface area contributed by atoms with Gasteiger partial charge in [0.25, 0.3) is 10.8 Å². The first-order chi connectivity index (χ1) is 10.8. The van der Waals surface area contributed by atoms with Crippen LogP contribution in [0.4, 0.5) is 5.69 Å². The highest BCUT2D eigenvalue weighted by Gasteiger charge is 2.62. The Morgan fingerprint density at radius 2 is 2.04 bits per heavy atom. The minimum atomic E-state index is -1.27. The molecular formula is C17H17NO4S. The number of nitrogens with zero attached hydrogens (tertiary/aromatic N) is 1. The molecule has 1 fully saturated rings. The lowest BCUT2D eigenvalue weighted by Gasteiger charge is -2.39. The molecule has 3 aliphatic rings. The number of hydrogen-bond donors (Lipinski definition) is 0. The summed E-state index contributed by atoms with van der Waals surface area (Å²) in [6.07, 6.45) is 2.07. The van der Waals surface area contributed by atoms with Crippen LogP contribution in [0.2, 0.25) is 0 Å². The molecule has 6 heteroatoms. The van der Waals surface area contributed by atoms with Crippen LogP contribution in [-0.2, 0) is 19.3 Å². The van der Waals surface area contributed by atoms with Crippen LogP contribution >= 0.6 is 11.8 Å². The average Bonchev–Trinajstić information content (AvgIpc) is 2.98. The molecule has 0 saturated carbocycles. The van der Waals surface area contributed by atoms with Gasteiger partial charge in [-0.1, -0.05) is 17.8 Å². The summed E-state index contributed by atoms with van der Waals surface area (Å²) in [6.45, 7) is 6.01. The fourth-order valence-corrected chi connectivity index (χ4v) is 4.78. The zero-order valence-corrected chi connectivity index (χ0v) is 14.2. The van der Waals surface area contributed by atoms with Crippen LogP contribution in [0.5, 0.6) is 5.75 Å². The Labute approximate surface area is 138 Å². The maximum atomic E-state index is 13.2. The van der Waals surface area contributed by atoms with E-state index < -0.39 is 10.5 Å². The maximum absolute atomic E-state index is 13.2. The van der Waals surface area contributed by atoms with Gasteiger partial charge in [-0.2, -0.15) is 0 Å². The molecule has 0 bridgehead atoms. The molecule has 3 heterocycles. The van der Waals surface area contributed by atoms with Crippen molar-refractivity contribution in [2.45, 2.75) is 31.2 Å². The van der Waals surface area contributed by atoms with Gasteiger partial charge in [0.15, 0.2) is 0 Å². The summed E-state index contributed by atoms with van der Waals surface area (Å²) in [5.74, 6) is 0.288. The summed E-state index contributed by atoms with van der Waals surface area (Å²) < 4.78 is 10.9. The van der Waals surface area contributed by atoms with Gasteiger partial charge in [0.05, 0.1) is 24.1 Å². The highest BCUT2D eigenvalue weighted by molar-refractivity contribution is 8.01. The first-order valence-corrected chi connectivity index (χ1v) is 8.41. The summed E-state index contributed by atoms with van der Waals surface area (Å²) in [6, 6.07) is 3.75. The Morgan fingerprint density at radius 1 is 1.30 bits per heavy atom. The number of allylic oxidation sites excluding steroid dienone is 1. The predicted molar refractivity (Wildman–Crippen MR) is 88.4 cm³/mol. The van der Waals surface area contributed by atoms with E-state index in [0.29, 0.717) is 11.3 Å². The molecular weight excluding hydrogens is 314 g/mol. The molecule has 0 radical (unpaired) electrons. The molecule has 1 spiro atoms. The quantitative estimate of drug-likeness (QED) is 0.741. The van der Waals surface area contributed by atoms with E-state index in [0.717, 1.165) is 16.8 Å². The molecule has 3 aliphatic heterocycles. The van der Waals surface area contributed by atoms with E-state index in [1.165, 1.54) is 11.8 Å². The molecule has 0 aromatic heterocycles. The van der Waals surface area contributed by atoms with Gasteiger partial charge in [-0.3, -0.25) is 14.5 Å². The van der Waals surface area contributed by atoms with E-state index in [1.54, 1.807) is 12.0 Å². The smallest absolute Gasteiger partial charge is 0.318 e. The molecule has 5 nitrogen and oxygen atoms in total. The van der Waals surface area contributed by atoms with Crippen LogP contribution in [0.1, 0.15) is 31.9 Å². The second-order valence-electron chi connectivity index (χ2n) is 6.57. The van der Waals surface area contributed by atoms with Crippen LogP contribution in [0.3, 0.4) is 0 Å². The minimum absolute atomic E-state index is 0.179. The van der Waals surface area contributed by atoms with Crippen molar-refractivity contribution in [1.29, 1.82) is 0 Å². The third-order valence-corrected chi connectivity index (χ3v) is 5.87. The number of esters is 1. The molecule has 0 unspecified atom stereocenters. The summed E-state index contributed by atoms with van der Waals surface area (Å²) >= 11 is 1.25. The van der Waals surface area contributed by atoms with Crippen LogP contribution in [0.15, 0.2) is 18.2 Å². The molecule has 1 amide bonds. The number of thioether (sulfide) groups is 1. The molecule has 23 heavy (non-hydrogen) atoms. The third kappa shape index (κ3) is 1.70. The summed E-state index contributed by atoms with van der Waals surface area (Å²) in [5, 5.41) is 0. The minimum Gasteiger partial charge on any atom is -0.497 e. The van der Waals surface area contributed by atoms with E-state index in [4.69, 9.17) is 9.47 Å². The number of methoxy groups -OCH3 is 1. The number of carbonyl (C=O) groups is 2. The van der Waals surface area contributed by atoms with E-state index in [1.807, 2.05) is 32.9 Å². The fourth-order valence-electron chi connectivity index (χ4n) is 3.72. The number of rotatable bonds is 1. The van der Waals surface area contributed by atoms with Crippen molar-refractivity contribution in [3.8, 4) is 5.75 Å². The van der Waals surface area contributed by atoms with E-state index in [-0.39, 0.29) is 17.6 Å². The van der Waals surface area contributed by atoms with Crippen molar-refractivity contribution in [2.75, 3.05) is 17.8 Å².